The van der Waals surface area contributed by atoms with Crippen LogP contribution in [0.5, 0.6) is 0 Å². The molecule has 0 aliphatic carbocycles. The summed E-state index contributed by atoms with van der Waals surface area (Å²) >= 11 is 0. The highest BCUT2D eigenvalue weighted by Gasteiger charge is 2.22. The molecule has 15 heavy (non-hydrogen) atoms. The lowest BCUT2D eigenvalue weighted by molar-refractivity contribution is 0.0966. The summed E-state index contributed by atoms with van der Waals surface area (Å²) in [5.74, 6) is -0.340. The van der Waals surface area contributed by atoms with Crippen LogP contribution in [-0.4, -0.2) is 11.2 Å². The second kappa shape index (κ2) is 4.73. The molecule has 0 bridgehead atoms. The molecule has 0 unspecified atom stereocenters. The summed E-state index contributed by atoms with van der Waals surface area (Å²) in [4.78, 5) is 0. The van der Waals surface area contributed by atoms with E-state index in [2.05, 4.69) is 0 Å². The molecule has 1 aromatic carbocycles. The molecular formula is C12H18FNO. The summed E-state index contributed by atoms with van der Waals surface area (Å²) in [6.45, 7) is 5.59. The lowest BCUT2D eigenvalue weighted by Crippen LogP contribution is -2.31. The van der Waals surface area contributed by atoms with Gasteiger partial charge in [0, 0.05) is 5.56 Å². The third kappa shape index (κ3) is 2.76. The summed E-state index contributed by atoms with van der Waals surface area (Å²) in [5.41, 5.74) is 7.15. The minimum atomic E-state index is -0.721. The van der Waals surface area contributed by atoms with Gasteiger partial charge in [0.25, 0.3) is 0 Å². The molecule has 0 saturated heterocycles. The SMILES string of the molecule is Cc1ccc(F)c([C@H](N)[C@H](O)C(C)C)c1. The van der Waals surface area contributed by atoms with Crippen molar-refractivity contribution in [2.24, 2.45) is 11.7 Å². The highest BCUT2D eigenvalue weighted by molar-refractivity contribution is 5.27. The third-order valence-corrected chi connectivity index (χ3v) is 2.56. The summed E-state index contributed by atoms with van der Waals surface area (Å²) < 4.78 is 13.5. The summed E-state index contributed by atoms with van der Waals surface area (Å²) in [5, 5.41) is 9.77. The van der Waals surface area contributed by atoms with Crippen LogP contribution in [0.15, 0.2) is 18.2 Å². The molecule has 0 aromatic heterocycles. The van der Waals surface area contributed by atoms with Crippen molar-refractivity contribution < 1.29 is 9.50 Å². The van der Waals surface area contributed by atoms with Crippen LogP contribution in [0, 0.1) is 18.7 Å². The number of aliphatic hydroxyl groups excluding tert-OH is 1. The van der Waals surface area contributed by atoms with Crippen LogP contribution in [0.4, 0.5) is 4.39 Å². The van der Waals surface area contributed by atoms with Crippen LogP contribution in [0.1, 0.15) is 31.0 Å². The summed E-state index contributed by atoms with van der Waals surface area (Å²) in [7, 11) is 0. The Balaban J connectivity index is 2.99. The van der Waals surface area contributed by atoms with Crippen molar-refractivity contribution in [3.8, 4) is 0 Å². The lowest BCUT2D eigenvalue weighted by Gasteiger charge is -2.23. The highest BCUT2D eigenvalue weighted by Crippen LogP contribution is 2.22. The molecule has 2 nitrogen and oxygen atoms in total. The van der Waals surface area contributed by atoms with Gasteiger partial charge in [-0.25, -0.2) is 4.39 Å². The first kappa shape index (κ1) is 12.1. The molecule has 0 aliphatic heterocycles. The topological polar surface area (TPSA) is 46.2 Å². The molecule has 0 radical (unpaired) electrons. The minimum absolute atomic E-state index is 0.0138. The van der Waals surface area contributed by atoms with Gasteiger partial charge in [0.1, 0.15) is 5.82 Å². The van der Waals surface area contributed by atoms with Gasteiger partial charge in [-0.1, -0.05) is 31.5 Å². The van der Waals surface area contributed by atoms with Crippen molar-refractivity contribution in [2.45, 2.75) is 32.9 Å². The molecule has 3 heteroatoms. The Morgan fingerprint density at radius 1 is 1.33 bits per heavy atom. The average Bonchev–Trinajstić information content (AvgIpc) is 2.19. The number of aliphatic hydroxyl groups is 1. The normalized spacial score (nSPS) is 15.4. The van der Waals surface area contributed by atoms with Crippen molar-refractivity contribution in [2.75, 3.05) is 0 Å². The average molecular weight is 211 g/mol. The molecular weight excluding hydrogens is 193 g/mol. The van der Waals surface area contributed by atoms with Crippen LogP contribution < -0.4 is 5.73 Å². The van der Waals surface area contributed by atoms with Crippen molar-refractivity contribution in [1.29, 1.82) is 0 Å². The van der Waals surface area contributed by atoms with E-state index in [1.165, 1.54) is 6.07 Å². The monoisotopic (exact) mass is 211 g/mol. The molecule has 0 fully saturated rings. The van der Waals surface area contributed by atoms with Gasteiger partial charge in [-0.15, -0.1) is 0 Å². The van der Waals surface area contributed by atoms with Gasteiger partial charge in [-0.2, -0.15) is 0 Å². The van der Waals surface area contributed by atoms with Crippen molar-refractivity contribution >= 4 is 0 Å². The van der Waals surface area contributed by atoms with E-state index in [0.29, 0.717) is 5.56 Å². The fourth-order valence-electron chi connectivity index (χ4n) is 1.52. The maximum Gasteiger partial charge on any atom is 0.128 e. The van der Waals surface area contributed by atoms with Gasteiger partial charge in [0.05, 0.1) is 12.1 Å². The highest BCUT2D eigenvalue weighted by atomic mass is 19.1. The third-order valence-electron chi connectivity index (χ3n) is 2.56. The van der Waals surface area contributed by atoms with E-state index in [-0.39, 0.29) is 11.7 Å². The molecule has 0 saturated carbocycles. The van der Waals surface area contributed by atoms with Gasteiger partial charge in [0.2, 0.25) is 0 Å². The van der Waals surface area contributed by atoms with Crippen molar-refractivity contribution in [1.82, 2.24) is 0 Å². The number of halogens is 1. The van der Waals surface area contributed by atoms with Crippen LogP contribution in [0.3, 0.4) is 0 Å². The lowest BCUT2D eigenvalue weighted by atomic mass is 9.93. The quantitative estimate of drug-likeness (QED) is 0.804. The number of benzene rings is 1. The second-order valence-corrected chi connectivity index (χ2v) is 4.29. The minimum Gasteiger partial charge on any atom is -0.391 e. The predicted molar refractivity (Wildman–Crippen MR) is 58.9 cm³/mol. The zero-order valence-corrected chi connectivity index (χ0v) is 9.37. The van der Waals surface area contributed by atoms with E-state index < -0.39 is 12.1 Å². The Kier molecular flexibility index (Phi) is 3.83. The first-order valence-corrected chi connectivity index (χ1v) is 5.13. The standard InChI is InChI=1S/C12H18FNO/c1-7(2)12(15)11(14)9-6-8(3)4-5-10(9)13/h4-7,11-12,15H,14H2,1-3H3/t11-,12+/m0/s1. The first-order valence-electron chi connectivity index (χ1n) is 5.13. The second-order valence-electron chi connectivity index (χ2n) is 4.29. The Labute approximate surface area is 89.9 Å². The van der Waals surface area contributed by atoms with E-state index >= 15 is 0 Å². The molecule has 84 valence electrons. The number of aryl methyl sites for hydroxylation is 1. The summed E-state index contributed by atoms with van der Waals surface area (Å²) in [6.07, 6.45) is -0.721. The van der Waals surface area contributed by atoms with Crippen LogP contribution in [-0.2, 0) is 0 Å². The summed E-state index contributed by atoms with van der Waals surface area (Å²) in [6, 6.07) is 4.10. The van der Waals surface area contributed by atoms with Crippen LogP contribution in [0.2, 0.25) is 0 Å². The maximum atomic E-state index is 13.5. The van der Waals surface area contributed by atoms with Gasteiger partial charge < -0.3 is 10.8 Å². The fraction of sp³-hybridized carbons (Fsp3) is 0.500. The number of rotatable bonds is 3. The van der Waals surface area contributed by atoms with Crippen molar-refractivity contribution in [3.63, 3.8) is 0 Å². The number of nitrogens with two attached hydrogens (primary N) is 1. The molecule has 2 atom stereocenters. The van der Waals surface area contributed by atoms with E-state index in [9.17, 15) is 9.50 Å². The van der Waals surface area contributed by atoms with Gasteiger partial charge >= 0.3 is 0 Å². The Bertz CT molecular complexity index is 338. The smallest absolute Gasteiger partial charge is 0.128 e. The van der Waals surface area contributed by atoms with Crippen LogP contribution >= 0.6 is 0 Å². The van der Waals surface area contributed by atoms with Crippen LogP contribution in [0.25, 0.3) is 0 Å². The Morgan fingerprint density at radius 2 is 1.93 bits per heavy atom. The zero-order valence-electron chi connectivity index (χ0n) is 9.37. The van der Waals surface area contributed by atoms with Gasteiger partial charge in [-0.3, -0.25) is 0 Å². The molecule has 0 spiro atoms. The van der Waals surface area contributed by atoms with E-state index in [1.807, 2.05) is 20.8 Å². The molecule has 1 aromatic rings. The predicted octanol–water partition coefficient (Wildman–Crippen LogP) is 2.15. The molecule has 0 aliphatic rings. The molecule has 1 rings (SSSR count). The molecule has 0 amide bonds. The largest absolute Gasteiger partial charge is 0.391 e. The fourth-order valence-corrected chi connectivity index (χ4v) is 1.52. The maximum absolute atomic E-state index is 13.5. The van der Waals surface area contributed by atoms with E-state index in [0.717, 1.165) is 5.56 Å². The van der Waals surface area contributed by atoms with E-state index in [4.69, 9.17) is 5.73 Å². The first-order chi connectivity index (χ1) is 6.93. The molecule has 0 heterocycles. The number of hydrogen-bond donors (Lipinski definition) is 2. The Hall–Kier alpha value is -0.930. The molecule has 3 N–H and O–H groups in total. The Morgan fingerprint density at radius 3 is 2.47 bits per heavy atom. The van der Waals surface area contributed by atoms with Crippen molar-refractivity contribution in [3.05, 3.63) is 35.1 Å². The van der Waals surface area contributed by atoms with E-state index in [1.54, 1.807) is 12.1 Å². The zero-order chi connectivity index (χ0) is 11.6. The number of hydrogen-bond acceptors (Lipinski definition) is 2. The van der Waals surface area contributed by atoms with Gasteiger partial charge in [-0.05, 0) is 18.9 Å². The van der Waals surface area contributed by atoms with Gasteiger partial charge in [0.15, 0.2) is 0 Å².